The molecule has 0 aliphatic heterocycles. The number of para-hydroxylation sites is 1. The van der Waals surface area contributed by atoms with Crippen LogP contribution in [0.15, 0.2) is 66.7 Å². The van der Waals surface area contributed by atoms with Gasteiger partial charge in [-0.2, -0.15) is 0 Å². The van der Waals surface area contributed by atoms with Gasteiger partial charge in [0.05, 0.1) is 5.69 Å². The fourth-order valence-corrected chi connectivity index (χ4v) is 2.63. The maximum atomic E-state index is 13.6. The molecule has 0 saturated carbocycles. The van der Waals surface area contributed by atoms with Crippen LogP contribution in [0.4, 0.5) is 15.8 Å². The number of aryl methyl sites for hydroxylation is 1. The summed E-state index contributed by atoms with van der Waals surface area (Å²) in [5.41, 5.74) is 2.30. The van der Waals surface area contributed by atoms with Gasteiger partial charge >= 0.3 is 0 Å². The highest BCUT2D eigenvalue weighted by molar-refractivity contribution is 6.31. The summed E-state index contributed by atoms with van der Waals surface area (Å²) in [6.45, 7) is 1.86. The van der Waals surface area contributed by atoms with Crippen LogP contribution in [0.5, 0.6) is 0 Å². The molecule has 0 bridgehead atoms. The topological polar surface area (TPSA) is 58.2 Å². The fourth-order valence-electron chi connectivity index (χ4n) is 2.45. The van der Waals surface area contributed by atoms with Gasteiger partial charge in [0.15, 0.2) is 0 Å². The van der Waals surface area contributed by atoms with E-state index in [9.17, 15) is 14.0 Å². The number of amides is 2. The summed E-state index contributed by atoms with van der Waals surface area (Å²) in [6.07, 6.45) is 0. The van der Waals surface area contributed by atoms with Crippen LogP contribution in [0.1, 0.15) is 26.3 Å². The third-order valence-corrected chi connectivity index (χ3v) is 4.21. The molecular weight excluding hydrogens is 367 g/mol. The summed E-state index contributed by atoms with van der Waals surface area (Å²) < 4.78 is 13.6. The number of nitrogens with one attached hydrogen (secondary N) is 2. The maximum Gasteiger partial charge on any atom is 0.255 e. The van der Waals surface area contributed by atoms with Crippen LogP contribution >= 0.6 is 11.6 Å². The van der Waals surface area contributed by atoms with Gasteiger partial charge in [-0.15, -0.1) is 0 Å². The molecule has 2 N–H and O–H groups in total. The lowest BCUT2D eigenvalue weighted by Gasteiger charge is -2.10. The van der Waals surface area contributed by atoms with E-state index >= 15 is 0 Å². The van der Waals surface area contributed by atoms with Crippen LogP contribution in [0.3, 0.4) is 0 Å². The molecule has 0 aliphatic rings. The van der Waals surface area contributed by atoms with Gasteiger partial charge in [0.1, 0.15) is 5.82 Å². The molecule has 0 unspecified atom stereocenters. The third kappa shape index (κ3) is 4.51. The molecular formula is C21H16ClFN2O2. The Hall–Kier alpha value is -3.18. The van der Waals surface area contributed by atoms with Crippen LogP contribution in [-0.2, 0) is 0 Å². The lowest BCUT2D eigenvalue weighted by molar-refractivity contribution is 0.101. The van der Waals surface area contributed by atoms with E-state index in [1.807, 2.05) is 13.0 Å². The summed E-state index contributed by atoms with van der Waals surface area (Å²) in [6, 6.07) is 17.2. The SMILES string of the molecule is Cc1ccc(Cl)cc1NC(=O)c1ccc(C(=O)Nc2ccccc2F)cc1. The van der Waals surface area contributed by atoms with E-state index in [0.29, 0.717) is 21.8 Å². The predicted octanol–water partition coefficient (Wildman–Crippen LogP) is 5.29. The van der Waals surface area contributed by atoms with E-state index in [1.54, 1.807) is 24.3 Å². The summed E-state index contributed by atoms with van der Waals surface area (Å²) >= 11 is 5.96. The van der Waals surface area contributed by atoms with Crippen molar-refractivity contribution in [3.05, 3.63) is 94.3 Å². The molecule has 27 heavy (non-hydrogen) atoms. The third-order valence-electron chi connectivity index (χ3n) is 3.98. The smallest absolute Gasteiger partial charge is 0.255 e. The zero-order valence-electron chi connectivity index (χ0n) is 14.4. The normalized spacial score (nSPS) is 10.3. The minimum Gasteiger partial charge on any atom is -0.322 e. The molecule has 0 fully saturated rings. The first kappa shape index (κ1) is 18.6. The summed E-state index contributed by atoms with van der Waals surface area (Å²) in [7, 11) is 0. The predicted molar refractivity (Wildman–Crippen MR) is 105 cm³/mol. The van der Waals surface area contributed by atoms with Gasteiger partial charge in [-0.25, -0.2) is 4.39 Å². The molecule has 0 spiro atoms. The molecule has 2 amide bonds. The molecule has 3 rings (SSSR count). The molecule has 3 aromatic carbocycles. The molecule has 3 aromatic rings. The Balaban J connectivity index is 1.71. The number of hydrogen-bond acceptors (Lipinski definition) is 2. The van der Waals surface area contributed by atoms with Crippen LogP contribution in [0.25, 0.3) is 0 Å². The van der Waals surface area contributed by atoms with Crippen LogP contribution in [0, 0.1) is 12.7 Å². The highest BCUT2D eigenvalue weighted by Gasteiger charge is 2.12. The molecule has 0 radical (unpaired) electrons. The van der Waals surface area contributed by atoms with E-state index in [4.69, 9.17) is 11.6 Å². The summed E-state index contributed by atoms with van der Waals surface area (Å²) in [5.74, 6) is -1.29. The van der Waals surface area contributed by atoms with Crippen molar-refractivity contribution < 1.29 is 14.0 Å². The van der Waals surface area contributed by atoms with E-state index in [0.717, 1.165) is 5.56 Å². The zero-order chi connectivity index (χ0) is 19.4. The Labute approximate surface area is 161 Å². The summed E-state index contributed by atoms with van der Waals surface area (Å²) in [5, 5.41) is 5.81. The lowest BCUT2D eigenvalue weighted by Crippen LogP contribution is -2.15. The van der Waals surface area contributed by atoms with Crippen molar-refractivity contribution in [2.45, 2.75) is 6.92 Å². The number of hydrogen-bond donors (Lipinski definition) is 2. The van der Waals surface area contributed by atoms with Crippen molar-refractivity contribution in [1.82, 2.24) is 0 Å². The highest BCUT2D eigenvalue weighted by Crippen LogP contribution is 2.21. The van der Waals surface area contributed by atoms with Crippen molar-refractivity contribution in [3.63, 3.8) is 0 Å². The van der Waals surface area contributed by atoms with Gasteiger partial charge in [0.25, 0.3) is 11.8 Å². The minimum atomic E-state index is -0.515. The maximum absolute atomic E-state index is 13.6. The first-order valence-corrected chi connectivity index (χ1v) is 8.55. The first-order valence-electron chi connectivity index (χ1n) is 8.17. The molecule has 6 heteroatoms. The number of halogens is 2. The van der Waals surface area contributed by atoms with Gasteiger partial charge in [-0.3, -0.25) is 9.59 Å². The largest absolute Gasteiger partial charge is 0.322 e. The van der Waals surface area contributed by atoms with E-state index in [1.165, 1.54) is 36.4 Å². The molecule has 136 valence electrons. The molecule has 0 aromatic heterocycles. The second-order valence-electron chi connectivity index (χ2n) is 5.92. The Kier molecular flexibility index (Phi) is 5.52. The minimum absolute atomic E-state index is 0.0979. The molecule has 0 saturated heterocycles. The number of carbonyl (C=O) groups is 2. The van der Waals surface area contributed by atoms with E-state index in [-0.39, 0.29) is 11.6 Å². The van der Waals surface area contributed by atoms with Gasteiger partial charge in [-0.05, 0) is 61.0 Å². The van der Waals surface area contributed by atoms with Gasteiger partial charge in [-0.1, -0.05) is 29.8 Å². The average Bonchev–Trinajstić information content (AvgIpc) is 2.66. The van der Waals surface area contributed by atoms with Crippen molar-refractivity contribution in [2.75, 3.05) is 10.6 Å². The highest BCUT2D eigenvalue weighted by atomic mass is 35.5. The Morgan fingerprint density at radius 1 is 0.815 bits per heavy atom. The van der Waals surface area contributed by atoms with Crippen LogP contribution in [0.2, 0.25) is 5.02 Å². The Bertz CT molecular complexity index is 1000. The van der Waals surface area contributed by atoms with Crippen molar-refractivity contribution >= 4 is 34.8 Å². The zero-order valence-corrected chi connectivity index (χ0v) is 15.2. The van der Waals surface area contributed by atoms with Crippen LogP contribution < -0.4 is 10.6 Å². The van der Waals surface area contributed by atoms with Crippen LogP contribution in [-0.4, -0.2) is 11.8 Å². The quantitative estimate of drug-likeness (QED) is 0.644. The second-order valence-corrected chi connectivity index (χ2v) is 6.36. The average molecular weight is 383 g/mol. The number of anilines is 2. The van der Waals surface area contributed by atoms with E-state index < -0.39 is 11.7 Å². The molecule has 0 atom stereocenters. The monoisotopic (exact) mass is 382 g/mol. The van der Waals surface area contributed by atoms with Gasteiger partial charge in [0.2, 0.25) is 0 Å². The van der Waals surface area contributed by atoms with Gasteiger partial charge < -0.3 is 10.6 Å². The van der Waals surface area contributed by atoms with Crippen molar-refractivity contribution in [2.24, 2.45) is 0 Å². The molecule has 0 heterocycles. The first-order chi connectivity index (χ1) is 12.9. The number of carbonyl (C=O) groups excluding carboxylic acids is 2. The number of benzene rings is 3. The standard InChI is InChI=1S/C21H16ClFN2O2/c1-13-6-11-16(22)12-19(13)25-21(27)15-9-7-14(8-10-15)20(26)24-18-5-3-2-4-17(18)23/h2-12H,1H3,(H,24,26)(H,25,27). The van der Waals surface area contributed by atoms with Crippen molar-refractivity contribution in [3.8, 4) is 0 Å². The summed E-state index contributed by atoms with van der Waals surface area (Å²) in [4.78, 5) is 24.6. The van der Waals surface area contributed by atoms with E-state index in [2.05, 4.69) is 10.6 Å². The molecule has 4 nitrogen and oxygen atoms in total. The Morgan fingerprint density at radius 3 is 1.96 bits per heavy atom. The fraction of sp³-hybridized carbons (Fsp3) is 0.0476. The Morgan fingerprint density at radius 2 is 1.37 bits per heavy atom. The van der Waals surface area contributed by atoms with Crippen molar-refractivity contribution in [1.29, 1.82) is 0 Å². The number of rotatable bonds is 4. The molecule has 0 aliphatic carbocycles. The lowest BCUT2D eigenvalue weighted by atomic mass is 10.1. The van der Waals surface area contributed by atoms with Gasteiger partial charge in [0, 0.05) is 21.8 Å². The second kappa shape index (κ2) is 8.01.